The Morgan fingerprint density at radius 1 is 1.14 bits per heavy atom. The first kappa shape index (κ1) is 18.9. The number of hydrogen-bond acceptors (Lipinski definition) is 3. The van der Waals surface area contributed by atoms with E-state index in [1.807, 2.05) is 24.3 Å². The maximum atomic E-state index is 12.1. The van der Waals surface area contributed by atoms with Crippen molar-refractivity contribution in [3.8, 4) is 5.75 Å². The zero-order valence-corrected chi connectivity index (χ0v) is 15.5. The van der Waals surface area contributed by atoms with Crippen LogP contribution in [0.25, 0.3) is 0 Å². The minimum atomic E-state index is -0.171. The van der Waals surface area contributed by atoms with E-state index >= 15 is 0 Å². The molecule has 1 aromatic rings. The van der Waals surface area contributed by atoms with Crippen LogP contribution in [0.2, 0.25) is 0 Å². The quantitative estimate of drug-likeness (QED) is 0.815. The van der Waals surface area contributed by atoms with Crippen molar-refractivity contribution in [2.45, 2.75) is 52.3 Å². The number of carbonyl (C=O) groups is 1. The van der Waals surface area contributed by atoms with Gasteiger partial charge in [0, 0.05) is 11.3 Å². The van der Waals surface area contributed by atoms with Crippen LogP contribution in [0.1, 0.15) is 46.6 Å². The van der Waals surface area contributed by atoms with E-state index in [0.29, 0.717) is 5.75 Å². The molecule has 0 aromatic heterocycles. The third-order valence-corrected chi connectivity index (χ3v) is 4.11. The van der Waals surface area contributed by atoms with E-state index in [9.17, 15) is 4.79 Å². The van der Waals surface area contributed by atoms with Gasteiger partial charge in [-0.25, -0.2) is 0 Å². The molecule has 0 bridgehead atoms. The number of ether oxygens (including phenoxy) is 1. The summed E-state index contributed by atoms with van der Waals surface area (Å²) in [6.45, 7) is 10.8. The van der Waals surface area contributed by atoms with Crippen LogP contribution < -0.4 is 10.1 Å². The predicted molar refractivity (Wildman–Crippen MR) is 95.4 cm³/mol. The van der Waals surface area contributed by atoms with Gasteiger partial charge in [0.15, 0.2) is 0 Å². The van der Waals surface area contributed by atoms with Crippen LogP contribution in [-0.2, 0) is 10.5 Å². The maximum absolute atomic E-state index is 12.1. The van der Waals surface area contributed by atoms with E-state index in [0.717, 1.165) is 17.9 Å². The van der Waals surface area contributed by atoms with Crippen molar-refractivity contribution >= 4 is 17.7 Å². The molecule has 0 aliphatic carbocycles. The van der Waals surface area contributed by atoms with Gasteiger partial charge >= 0.3 is 0 Å². The fourth-order valence-corrected chi connectivity index (χ4v) is 3.55. The zero-order chi connectivity index (χ0) is 16.8. The molecule has 0 spiro atoms. The molecular formula is C18H29NO2S. The predicted octanol–water partition coefficient (Wildman–Crippen LogP) is 4.26. The largest absolute Gasteiger partial charge is 0.497 e. The smallest absolute Gasteiger partial charge is 0.230 e. The SMILES string of the molecule is COc1ccc(CSCC(=O)NC(C)(C)CC(C)(C)C)cc1. The second kappa shape index (κ2) is 7.91. The molecule has 1 rings (SSSR count). The van der Waals surface area contributed by atoms with Gasteiger partial charge in [-0.2, -0.15) is 0 Å². The molecule has 1 N–H and O–H groups in total. The fraction of sp³-hybridized carbons (Fsp3) is 0.611. The summed E-state index contributed by atoms with van der Waals surface area (Å²) in [4.78, 5) is 12.1. The van der Waals surface area contributed by atoms with E-state index < -0.39 is 0 Å². The summed E-state index contributed by atoms with van der Waals surface area (Å²) < 4.78 is 5.14. The standard InChI is InChI=1S/C18H29NO2S/c1-17(2,3)13-18(4,5)19-16(20)12-22-11-14-7-9-15(21-6)10-8-14/h7-10H,11-13H2,1-6H3,(H,19,20). The Hall–Kier alpha value is -1.16. The summed E-state index contributed by atoms with van der Waals surface area (Å²) in [5.74, 6) is 2.28. The number of amides is 1. The minimum absolute atomic E-state index is 0.104. The van der Waals surface area contributed by atoms with Gasteiger partial charge in [0.2, 0.25) is 5.91 Å². The van der Waals surface area contributed by atoms with Crippen LogP contribution in [-0.4, -0.2) is 24.3 Å². The number of rotatable bonds is 7. The van der Waals surface area contributed by atoms with Crippen LogP contribution in [0.4, 0.5) is 0 Å². The molecule has 0 fully saturated rings. The molecule has 0 atom stereocenters. The molecule has 0 saturated carbocycles. The lowest BCUT2D eigenvalue weighted by molar-refractivity contribution is -0.120. The lowest BCUT2D eigenvalue weighted by Gasteiger charge is -2.33. The Labute approximate surface area is 139 Å². The van der Waals surface area contributed by atoms with Crippen LogP contribution in [0.15, 0.2) is 24.3 Å². The number of benzene rings is 1. The average molecular weight is 324 g/mol. The van der Waals surface area contributed by atoms with Gasteiger partial charge in [-0.15, -0.1) is 11.8 Å². The minimum Gasteiger partial charge on any atom is -0.497 e. The van der Waals surface area contributed by atoms with Crippen molar-refractivity contribution < 1.29 is 9.53 Å². The Morgan fingerprint density at radius 3 is 2.23 bits per heavy atom. The molecule has 0 heterocycles. The van der Waals surface area contributed by atoms with Crippen molar-refractivity contribution in [2.24, 2.45) is 5.41 Å². The Kier molecular flexibility index (Phi) is 6.79. The second-order valence-electron chi connectivity index (χ2n) is 7.51. The van der Waals surface area contributed by atoms with Crippen LogP contribution in [0.3, 0.4) is 0 Å². The number of nitrogens with one attached hydrogen (secondary N) is 1. The van der Waals surface area contributed by atoms with Crippen LogP contribution >= 0.6 is 11.8 Å². The van der Waals surface area contributed by atoms with E-state index in [1.54, 1.807) is 18.9 Å². The third-order valence-electron chi connectivity index (χ3n) is 3.11. The highest BCUT2D eigenvalue weighted by Crippen LogP contribution is 2.27. The van der Waals surface area contributed by atoms with E-state index in [2.05, 4.69) is 39.9 Å². The lowest BCUT2D eigenvalue weighted by Crippen LogP contribution is -2.46. The summed E-state index contributed by atoms with van der Waals surface area (Å²) in [5, 5.41) is 3.14. The second-order valence-corrected chi connectivity index (χ2v) is 8.50. The number of hydrogen-bond donors (Lipinski definition) is 1. The molecule has 4 heteroatoms. The Balaban J connectivity index is 2.36. The molecule has 1 aromatic carbocycles. The van der Waals surface area contributed by atoms with E-state index in [1.165, 1.54) is 5.56 Å². The summed E-state index contributed by atoms with van der Waals surface area (Å²) in [6, 6.07) is 7.96. The van der Waals surface area contributed by atoms with E-state index in [4.69, 9.17) is 4.74 Å². The molecular weight excluding hydrogens is 294 g/mol. The van der Waals surface area contributed by atoms with Gasteiger partial charge in [0.25, 0.3) is 0 Å². The maximum Gasteiger partial charge on any atom is 0.230 e. The zero-order valence-electron chi connectivity index (χ0n) is 14.7. The summed E-state index contributed by atoms with van der Waals surface area (Å²) in [6.07, 6.45) is 0.953. The fourth-order valence-electron chi connectivity index (χ4n) is 2.77. The van der Waals surface area contributed by atoms with Crippen molar-refractivity contribution in [2.75, 3.05) is 12.9 Å². The molecule has 0 unspecified atom stereocenters. The van der Waals surface area contributed by atoms with Gasteiger partial charge < -0.3 is 10.1 Å². The average Bonchev–Trinajstić information content (AvgIpc) is 2.35. The summed E-state index contributed by atoms with van der Waals surface area (Å²) in [7, 11) is 1.66. The highest BCUT2D eigenvalue weighted by atomic mass is 32.2. The topological polar surface area (TPSA) is 38.3 Å². The Morgan fingerprint density at radius 2 is 1.73 bits per heavy atom. The molecule has 124 valence electrons. The molecule has 0 aliphatic heterocycles. The van der Waals surface area contributed by atoms with Crippen molar-refractivity contribution in [3.63, 3.8) is 0 Å². The number of carbonyl (C=O) groups excluding carboxylic acids is 1. The van der Waals surface area contributed by atoms with E-state index in [-0.39, 0.29) is 16.9 Å². The van der Waals surface area contributed by atoms with Gasteiger partial charge in [-0.3, -0.25) is 4.79 Å². The molecule has 3 nitrogen and oxygen atoms in total. The molecule has 1 amide bonds. The summed E-state index contributed by atoms with van der Waals surface area (Å²) >= 11 is 1.63. The first-order valence-electron chi connectivity index (χ1n) is 7.63. The summed E-state index contributed by atoms with van der Waals surface area (Å²) in [5.41, 5.74) is 1.23. The monoisotopic (exact) mass is 323 g/mol. The van der Waals surface area contributed by atoms with Gasteiger partial charge in [-0.05, 0) is 43.4 Å². The van der Waals surface area contributed by atoms with Crippen molar-refractivity contribution in [1.29, 1.82) is 0 Å². The lowest BCUT2D eigenvalue weighted by atomic mass is 9.82. The first-order valence-corrected chi connectivity index (χ1v) is 8.78. The highest BCUT2D eigenvalue weighted by molar-refractivity contribution is 7.99. The van der Waals surface area contributed by atoms with Gasteiger partial charge in [0.1, 0.15) is 5.75 Å². The van der Waals surface area contributed by atoms with Gasteiger partial charge in [-0.1, -0.05) is 32.9 Å². The molecule has 0 saturated heterocycles. The third kappa shape index (κ3) is 7.74. The Bertz CT molecular complexity index is 475. The number of thioether (sulfide) groups is 1. The van der Waals surface area contributed by atoms with Crippen LogP contribution in [0.5, 0.6) is 5.75 Å². The van der Waals surface area contributed by atoms with Crippen molar-refractivity contribution in [3.05, 3.63) is 29.8 Å². The van der Waals surface area contributed by atoms with Crippen molar-refractivity contribution in [1.82, 2.24) is 5.32 Å². The first-order chi connectivity index (χ1) is 10.1. The molecule has 22 heavy (non-hydrogen) atoms. The molecule has 0 aliphatic rings. The normalized spacial score (nSPS) is 12.1. The molecule has 0 radical (unpaired) electrons. The van der Waals surface area contributed by atoms with Crippen LogP contribution in [0, 0.1) is 5.41 Å². The van der Waals surface area contributed by atoms with Gasteiger partial charge in [0.05, 0.1) is 12.9 Å². The highest BCUT2D eigenvalue weighted by Gasteiger charge is 2.26. The number of methoxy groups -OCH3 is 1.